The lowest BCUT2D eigenvalue weighted by molar-refractivity contribution is 0.1000. The largest absolute Gasteiger partial charge is 0.480 e. The van der Waals surface area contributed by atoms with Gasteiger partial charge in [-0.3, -0.25) is 19.4 Å². The number of hydrogen-bond acceptors (Lipinski definition) is 9. The van der Waals surface area contributed by atoms with Crippen molar-refractivity contribution >= 4 is 40.8 Å². The zero-order valence-corrected chi connectivity index (χ0v) is 18.2. The van der Waals surface area contributed by atoms with Gasteiger partial charge in [-0.15, -0.1) is 0 Å². The number of benzene rings is 2. The number of primary amides is 1. The highest BCUT2D eigenvalue weighted by Crippen LogP contribution is 2.35. The van der Waals surface area contributed by atoms with Crippen LogP contribution in [0, 0.1) is 0 Å². The Kier molecular flexibility index (Phi) is 6.13. The van der Waals surface area contributed by atoms with Crippen LogP contribution in [0.5, 0.6) is 11.9 Å². The average molecular weight is 457 g/mol. The van der Waals surface area contributed by atoms with Crippen molar-refractivity contribution in [1.82, 2.24) is 15.0 Å². The lowest BCUT2D eigenvalue weighted by Crippen LogP contribution is -2.14. The number of ether oxygens (including phenoxy) is 2. The fraction of sp³-hybridized carbons (Fsp3) is 0.0833. The Labute approximate surface area is 193 Å². The molecule has 0 unspecified atom stereocenters. The van der Waals surface area contributed by atoms with Crippen molar-refractivity contribution in [3.8, 4) is 23.0 Å². The molecule has 0 radical (unpaired) electrons. The summed E-state index contributed by atoms with van der Waals surface area (Å²) in [4.78, 5) is 47.4. The molecule has 0 fully saturated rings. The van der Waals surface area contributed by atoms with Crippen molar-refractivity contribution in [3.63, 3.8) is 0 Å². The predicted octanol–water partition coefficient (Wildman–Crippen LogP) is 3.18. The molecule has 0 saturated heterocycles. The third-order valence-electron chi connectivity index (χ3n) is 5.07. The van der Waals surface area contributed by atoms with Gasteiger partial charge in [0.15, 0.2) is 0 Å². The number of methoxy groups -OCH3 is 2. The first kappa shape index (κ1) is 22.3. The first-order valence-corrected chi connectivity index (χ1v) is 9.97. The van der Waals surface area contributed by atoms with Gasteiger partial charge in [-0.1, -0.05) is 12.1 Å². The molecule has 3 N–H and O–H groups in total. The van der Waals surface area contributed by atoms with Crippen molar-refractivity contribution in [2.75, 3.05) is 19.5 Å². The van der Waals surface area contributed by atoms with Crippen molar-refractivity contribution in [3.05, 3.63) is 65.5 Å². The maximum absolute atomic E-state index is 12.1. The number of anilines is 2. The van der Waals surface area contributed by atoms with Gasteiger partial charge in [-0.2, -0.15) is 4.98 Å². The van der Waals surface area contributed by atoms with Gasteiger partial charge in [0.05, 0.1) is 36.6 Å². The molecule has 0 aliphatic rings. The molecule has 4 rings (SSSR count). The number of rotatable bonds is 8. The lowest BCUT2D eigenvalue weighted by atomic mass is 10.0. The second kappa shape index (κ2) is 9.33. The number of amides is 1. The smallest absolute Gasteiger partial charge is 0.319 e. The van der Waals surface area contributed by atoms with Gasteiger partial charge < -0.3 is 20.5 Å². The average Bonchev–Trinajstić information content (AvgIpc) is 2.87. The molecule has 0 bridgehead atoms. The summed E-state index contributed by atoms with van der Waals surface area (Å²) in [5.74, 6) is -0.362. The summed E-state index contributed by atoms with van der Waals surface area (Å²) in [5, 5.41) is 3.71. The quantitative estimate of drug-likeness (QED) is 0.381. The fourth-order valence-electron chi connectivity index (χ4n) is 3.51. The monoisotopic (exact) mass is 457 g/mol. The Bertz CT molecular complexity index is 1410. The first-order valence-electron chi connectivity index (χ1n) is 9.97. The molecule has 0 spiro atoms. The van der Waals surface area contributed by atoms with E-state index in [-0.39, 0.29) is 11.6 Å². The van der Waals surface area contributed by atoms with Gasteiger partial charge in [0.1, 0.15) is 12.6 Å². The minimum atomic E-state index is -0.687. The van der Waals surface area contributed by atoms with Gasteiger partial charge in [0.2, 0.25) is 5.88 Å². The number of aromatic nitrogens is 3. The van der Waals surface area contributed by atoms with Gasteiger partial charge in [-0.05, 0) is 29.8 Å². The Balaban J connectivity index is 1.86. The van der Waals surface area contributed by atoms with E-state index in [1.165, 1.54) is 26.5 Å². The van der Waals surface area contributed by atoms with Crippen molar-refractivity contribution in [2.24, 2.45) is 5.73 Å². The number of carbonyl (C=O) groups excluding carboxylic acids is 3. The standard InChI is InChI=1S/C24H19N5O5/c1-33-23-18(9-27-24(29-23)34-2)15-3-4-17-20(8-15)26-10-19(22(25)32)21(17)28-16-6-13(11-30)5-14(7-16)12-31/h3-12H,1-2H3,(H2,25,32)(H,26,28). The third kappa shape index (κ3) is 4.24. The molecular formula is C24H19N5O5. The molecule has 10 heteroatoms. The van der Waals surface area contributed by atoms with Gasteiger partial charge in [0.25, 0.3) is 5.91 Å². The molecule has 1 amide bonds. The van der Waals surface area contributed by atoms with E-state index in [1.54, 1.807) is 36.5 Å². The Morgan fingerprint density at radius 3 is 2.32 bits per heavy atom. The maximum Gasteiger partial charge on any atom is 0.319 e. The van der Waals surface area contributed by atoms with E-state index in [1.807, 2.05) is 0 Å². The molecule has 2 aromatic heterocycles. The van der Waals surface area contributed by atoms with Crippen LogP contribution < -0.4 is 20.5 Å². The summed E-state index contributed by atoms with van der Waals surface area (Å²) in [6, 6.07) is 10.1. The van der Waals surface area contributed by atoms with E-state index in [9.17, 15) is 14.4 Å². The van der Waals surface area contributed by atoms with E-state index in [0.29, 0.717) is 57.4 Å². The molecule has 0 aliphatic carbocycles. The number of fused-ring (bicyclic) bond motifs is 1. The molecule has 0 saturated carbocycles. The summed E-state index contributed by atoms with van der Waals surface area (Å²) in [5.41, 5.74) is 9.06. The second-order valence-corrected chi connectivity index (χ2v) is 7.17. The Morgan fingerprint density at radius 1 is 0.971 bits per heavy atom. The van der Waals surface area contributed by atoms with Crippen LogP contribution >= 0.6 is 0 Å². The summed E-state index contributed by atoms with van der Waals surface area (Å²) in [6.07, 6.45) is 4.21. The van der Waals surface area contributed by atoms with Crippen LogP contribution in [0.15, 0.2) is 48.8 Å². The number of nitrogens with one attached hydrogen (secondary N) is 1. The lowest BCUT2D eigenvalue weighted by Gasteiger charge is -2.15. The molecule has 0 aliphatic heterocycles. The Morgan fingerprint density at radius 2 is 1.71 bits per heavy atom. The van der Waals surface area contributed by atoms with Crippen LogP contribution in [0.25, 0.3) is 22.0 Å². The molecule has 2 aromatic carbocycles. The van der Waals surface area contributed by atoms with Gasteiger partial charge in [-0.25, -0.2) is 4.98 Å². The number of hydrogen-bond donors (Lipinski definition) is 2. The van der Waals surface area contributed by atoms with Gasteiger partial charge >= 0.3 is 6.01 Å². The van der Waals surface area contributed by atoms with E-state index >= 15 is 0 Å². The molecule has 10 nitrogen and oxygen atoms in total. The highest BCUT2D eigenvalue weighted by molar-refractivity contribution is 6.08. The zero-order chi connectivity index (χ0) is 24.2. The van der Waals surface area contributed by atoms with Crippen LogP contribution in [0.1, 0.15) is 31.1 Å². The van der Waals surface area contributed by atoms with E-state index in [2.05, 4.69) is 20.3 Å². The van der Waals surface area contributed by atoms with E-state index in [4.69, 9.17) is 15.2 Å². The number of aldehydes is 2. The maximum atomic E-state index is 12.1. The topological polar surface area (TPSA) is 146 Å². The van der Waals surface area contributed by atoms with E-state index < -0.39 is 5.91 Å². The third-order valence-corrected chi connectivity index (χ3v) is 5.07. The molecular weight excluding hydrogens is 438 g/mol. The van der Waals surface area contributed by atoms with E-state index in [0.717, 1.165) is 5.56 Å². The van der Waals surface area contributed by atoms with Crippen LogP contribution in [-0.2, 0) is 0 Å². The molecule has 34 heavy (non-hydrogen) atoms. The fourth-order valence-corrected chi connectivity index (χ4v) is 3.51. The molecule has 170 valence electrons. The SMILES string of the molecule is COc1ncc(-c2ccc3c(Nc4cc(C=O)cc(C=O)c4)c(C(N)=O)cnc3c2)c(OC)n1. The minimum Gasteiger partial charge on any atom is -0.480 e. The Hall–Kier alpha value is -4.86. The highest BCUT2D eigenvalue weighted by Gasteiger charge is 2.17. The number of carbonyl (C=O) groups is 3. The second-order valence-electron chi connectivity index (χ2n) is 7.17. The molecule has 4 aromatic rings. The normalized spacial score (nSPS) is 10.5. The summed E-state index contributed by atoms with van der Waals surface area (Å²) in [6.45, 7) is 0. The summed E-state index contributed by atoms with van der Waals surface area (Å²) >= 11 is 0. The highest BCUT2D eigenvalue weighted by atomic mass is 16.5. The van der Waals surface area contributed by atoms with Crippen LogP contribution in [0.2, 0.25) is 0 Å². The minimum absolute atomic E-state index is 0.148. The first-order chi connectivity index (χ1) is 16.5. The molecule has 0 atom stereocenters. The van der Waals surface area contributed by atoms with Crippen LogP contribution in [-0.4, -0.2) is 47.7 Å². The predicted molar refractivity (Wildman–Crippen MR) is 125 cm³/mol. The zero-order valence-electron chi connectivity index (χ0n) is 18.2. The van der Waals surface area contributed by atoms with Crippen molar-refractivity contribution < 1.29 is 23.9 Å². The number of pyridine rings is 1. The van der Waals surface area contributed by atoms with Crippen molar-refractivity contribution in [1.29, 1.82) is 0 Å². The van der Waals surface area contributed by atoms with Gasteiger partial charge in [0, 0.05) is 34.6 Å². The number of nitrogens with zero attached hydrogens (tertiary/aromatic N) is 3. The number of nitrogens with two attached hydrogens (primary N) is 1. The molecule has 2 heterocycles. The van der Waals surface area contributed by atoms with Crippen molar-refractivity contribution in [2.45, 2.75) is 0 Å². The summed E-state index contributed by atoms with van der Waals surface area (Å²) < 4.78 is 10.4. The van der Waals surface area contributed by atoms with Crippen LogP contribution in [0.3, 0.4) is 0 Å². The van der Waals surface area contributed by atoms with Crippen LogP contribution in [0.4, 0.5) is 11.4 Å². The summed E-state index contributed by atoms with van der Waals surface area (Å²) in [7, 11) is 2.95.